The second kappa shape index (κ2) is 5.14. The zero-order valence-electron chi connectivity index (χ0n) is 10.6. The molecular formula is C13H15N3O2S. The first kappa shape index (κ1) is 12.4. The van der Waals surface area contributed by atoms with Gasteiger partial charge in [-0.15, -0.1) is 0 Å². The minimum absolute atomic E-state index is 0.441. The highest BCUT2D eigenvalue weighted by molar-refractivity contribution is 7.07. The van der Waals surface area contributed by atoms with Crippen LogP contribution in [-0.4, -0.2) is 16.5 Å². The predicted octanol–water partition coefficient (Wildman–Crippen LogP) is 2.68. The topological polar surface area (TPSA) is 70.3 Å². The number of benzene rings is 1. The van der Waals surface area contributed by atoms with Crippen molar-refractivity contribution in [3.05, 3.63) is 29.6 Å². The second-order valence-corrected chi connectivity index (χ2v) is 5.23. The van der Waals surface area contributed by atoms with E-state index < -0.39 is 0 Å². The first-order valence-corrected chi connectivity index (χ1v) is 6.95. The Hall–Kier alpha value is -1.66. The molecule has 1 aliphatic carbocycles. The Bertz CT molecular complexity index is 559. The lowest BCUT2D eigenvalue weighted by atomic mass is 10.2. The summed E-state index contributed by atoms with van der Waals surface area (Å²) in [6.45, 7) is 0.441. The zero-order chi connectivity index (χ0) is 13.2. The van der Waals surface area contributed by atoms with Gasteiger partial charge in [0.15, 0.2) is 0 Å². The number of nitrogens with two attached hydrogens (primary N) is 1. The summed E-state index contributed by atoms with van der Waals surface area (Å²) in [6.07, 6.45) is 2.37. The predicted molar refractivity (Wildman–Crippen MR) is 72.8 cm³/mol. The monoisotopic (exact) mass is 277 g/mol. The van der Waals surface area contributed by atoms with Crippen molar-refractivity contribution in [1.29, 1.82) is 0 Å². The van der Waals surface area contributed by atoms with E-state index in [0.717, 1.165) is 17.1 Å². The Labute approximate surface area is 115 Å². The molecule has 1 aromatic carbocycles. The molecule has 1 aliphatic rings. The molecule has 0 amide bonds. The summed E-state index contributed by atoms with van der Waals surface area (Å²) in [4.78, 5) is 4.39. The second-order valence-electron chi connectivity index (χ2n) is 4.52. The summed E-state index contributed by atoms with van der Waals surface area (Å²) in [7, 11) is 1.62. The highest BCUT2D eigenvalue weighted by Crippen LogP contribution is 2.40. The van der Waals surface area contributed by atoms with Crippen LogP contribution in [0.3, 0.4) is 0 Å². The maximum absolute atomic E-state index is 5.73. The van der Waals surface area contributed by atoms with Gasteiger partial charge in [0.05, 0.1) is 7.11 Å². The summed E-state index contributed by atoms with van der Waals surface area (Å²) in [6, 6.07) is 5.60. The average molecular weight is 277 g/mol. The Balaban J connectivity index is 1.80. The van der Waals surface area contributed by atoms with Gasteiger partial charge in [-0.1, -0.05) is 0 Å². The van der Waals surface area contributed by atoms with E-state index in [9.17, 15) is 0 Å². The normalized spacial score (nSPS) is 14.4. The number of aromatic nitrogens is 2. The third-order valence-corrected chi connectivity index (χ3v) is 3.59. The van der Waals surface area contributed by atoms with Crippen molar-refractivity contribution in [2.45, 2.75) is 25.3 Å². The van der Waals surface area contributed by atoms with Crippen LogP contribution in [0.15, 0.2) is 18.2 Å². The molecule has 0 aliphatic heterocycles. The molecule has 2 N–H and O–H groups in total. The van der Waals surface area contributed by atoms with E-state index in [2.05, 4.69) is 9.36 Å². The van der Waals surface area contributed by atoms with Gasteiger partial charge in [0.25, 0.3) is 5.19 Å². The van der Waals surface area contributed by atoms with E-state index in [4.69, 9.17) is 15.2 Å². The number of hydrogen-bond acceptors (Lipinski definition) is 6. The molecule has 0 spiro atoms. The third-order valence-electron chi connectivity index (χ3n) is 2.98. The molecule has 19 heavy (non-hydrogen) atoms. The van der Waals surface area contributed by atoms with Crippen LogP contribution >= 0.6 is 11.5 Å². The van der Waals surface area contributed by atoms with Crippen LogP contribution in [0.25, 0.3) is 0 Å². The van der Waals surface area contributed by atoms with Crippen molar-refractivity contribution in [1.82, 2.24) is 9.36 Å². The van der Waals surface area contributed by atoms with E-state index in [-0.39, 0.29) is 0 Å². The van der Waals surface area contributed by atoms with Crippen LogP contribution in [0.4, 0.5) is 0 Å². The van der Waals surface area contributed by atoms with Gasteiger partial charge in [0.1, 0.15) is 17.3 Å². The van der Waals surface area contributed by atoms with Crippen molar-refractivity contribution < 1.29 is 9.47 Å². The zero-order valence-corrected chi connectivity index (χ0v) is 11.4. The van der Waals surface area contributed by atoms with E-state index in [1.165, 1.54) is 24.4 Å². The molecule has 0 bridgehead atoms. The summed E-state index contributed by atoms with van der Waals surface area (Å²) in [5.41, 5.74) is 6.61. The lowest BCUT2D eigenvalue weighted by molar-refractivity contribution is 0.408. The first-order chi connectivity index (χ1) is 9.28. The lowest BCUT2D eigenvalue weighted by Gasteiger charge is -2.07. The Kier molecular flexibility index (Phi) is 3.35. The van der Waals surface area contributed by atoms with Crippen LogP contribution in [0.2, 0.25) is 0 Å². The maximum atomic E-state index is 5.73. The fourth-order valence-corrected chi connectivity index (χ4v) is 2.42. The number of methoxy groups -OCH3 is 1. The molecule has 0 saturated heterocycles. The third kappa shape index (κ3) is 2.85. The Morgan fingerprint density at radius 2 is 2.11 bits per heavy atom. The summed E-state index contributed by atoms with van der Waals surface area (Å²) >= 11 is 1.28. The highest BCUT2D eigenvalue weighted by atomic mass is 32.1. The van der Waals surface area contributed by atoms with Crippen molar-refractivity contribution in [3.8, 4) is 16.7 Å². The molecule has 1 fully saturated rings. The smallest absolute Gasteiger partial charge is 0.298 e. The molecule has 100 valence electrons. The molecular weight excluding hydrogens is 262 g/mol. The van der Waals surface area contributed by atoms with E-state index in [1.807, 2.05) is 18.2 Å². The van der Waals surface area contributed by atoms with Crippen molar-refractivity contribution >= 4 is 11.5 Å². The molecule has 2 aromatic rings. The van der Waals surface area contributed by atoms with Gasteiger partial charge in [-0.2, -0.15) is 9.36 Å². The van der Waals surface area contributed by atoms with Gasteiger partial charge < -0.3 is 15.2 Å². The molecule has 0 unspecified atom stereocenters. The van der Waals surface area contributed by atoms with Crippen molar-refractivity contribution in [2.24, 2.45) is 5.73 Å². The molecule has 1 aromatic heterocycles. The quantitative estimate of drug-likeness (QED) is 0.909. The van der Waals surface area contributed by atoms with E-state index >= 15 is 0 Å². The van der Waals surface area contributed by atoms with Gasteiger partial charge in [-0.25, -0.2) is 0 Å². The van der Waals surface area contributed by atoms with Gasteiger partial charge in [0, 0.05) is 30.1 Å². The molecule has 3 rings (SSSR count). The van der Waals surface area contributed by atoms with Gasteiger partial charge in [0.2, 0.25) is 0 Å². The van der Waals surface area contributed by atoms with Crippen LogP contribution in [-0.2, 0) is 6.54 Å². The fourth-order valence-electron chi connectivity index (χ4n) is 1.80. The fraction of sp³-hybridized carbons (Fsp3) is 0.385. The first-order valence-electron chi connectivity index (χ1n) is 6.18. The van der Waals surface area contributed by atoms with Crippen molar-refractivity contribution in [3.63, 3.8) is 0 Å². The van der Waals surface area contributed by atoms with Gasteiger partial charge in [-0.05, 0) is 30.5 Å². The molecule has 1 saturated carbocycles. The Morgan fingerprint density at radius 1 is 1.32 bits per heavy atom. The van der Waals surface area contributed by atoms with Crippen LogP contribution in [0.1, 0.15) is 30.1 Å². The Morgan fingerprint density at radius 3 is 2.79 bits per heavy atom. The number of ether oxygens (including phenoxy) is 2. The molecule has 5 nitrogen and oxygen atoms in total. The largest absolute Gasteiger partial charge is 0.497 e. The van der Waals surface area contributed by atoms with Gasteiger partial charge in [-0.3, -0.25) is 0 Å². The SMILES string of the molecule is COc1cc(CN)cc(Oc2nc(C3CC3)ns2)c1. The van der Waals surface area contributed by atoms with Crippen LogP contribution in [0.5, 0.6) is 16.7 Å². The maximum Gasteiger partial charge on any atom is 0.298 e. The number of nitrogens with zero attached hydrogens (tertiary/aromatic N) is 2. The summed E-state index contributed by atoms with van der Waals surface area (Å²) in [5, 5.41) is 0.568. The highest BCUT2D eigenvalue weighted by Gasteiger charge is 2.28. The average Bonchev–Trinajstić information content (AvgIpc) is 3.19. The van der Waals surface area contributed by atoms with E-state index in [0.29, 0.717) is 23.4 Å². The number of hydrogen-bond donors (Lipinski definition) is 1. The number of rotatable bonds is 5. The van der Waals surface area contributed by atoms with Gasteiger partial charge >= 0.3 is 0 Å². The standard InChI is InChI=1S/C13H15N3O2S/c1-17-10-4-8(7-14)5-11(6-10)18-13-15-12(16-19-13)9-2-3-9/h4-6,9H,2-3,7,14H2,1H3. The van der Waals surface area contributed by atoms with E-state index in [1.54, 1.807) is 7.11 Å². The minimum atomic E-state index is 0.441. The molecule has 0 atom stereocenters. The van der Waals surface area contributed by atoms with Crippen LogP contribution < -0.4 is 15.2 Å². The van der Waals surface area contributed by atoms with Crippen LogP contribution in [0, 0.1) is 0 Å². The lowest BCUT2D eigenvalue weighted by Crippen LogP contribution is -1.97. The summed E-state index contributed by atoms with van der Waals surface area (Å²) < 4.78 is 15.3. The molecule has 0 radical (unpaired) electrons. The minimum Gasteiger partial charge on any atom is -0.497 e. The van der Waals surface area contributed by atoms with Crippen molar-refractivity contribution in [2.75, 3.05) is 7.11 Å². The molecule has 6 heteroatoms. The molecule has 1 heterocycles. The summed E-state index contributed by atoms with van der Waals surface area (Å²) in [5.74, 6) is 2.85.